The number of hydrogen-bond donors (Lipinski definition) is 1. The third-order valence-corrected chi connectivity index (χ3v) is 3.73. The van der Waals surface area contributed by atoms with Crippen LogP contribution in [0.3, 0.4) is 0 Å². The summed E-state index contributed by atoms with van der Waals surface area (Å²) in [5, 5.41) is 8.08. The summed E-state index contributed by atoms with van der Waals surface area (Å²) < 4.78 is 2.65. The molecular weight excluding hydrogens is 330 g/mol. The van der Waals surface area contributed by atoms with Crippen molar-refractivity contribution in [3.63, 3.8) is 0 Å². The minimum Gasteiger partial charge on any atom is -0.321 e. The Labute approximate surface area is 130 Å². The first-order valence-electron chi connectivity index (χ1n) is 6.55. The first kappa shape index (κ1) is 13.8. The molecule has 0 radical (unpaired) electrons. The summed E-state index contributed by atoms with van der Waals surface area (Å²) in [7, 11) is 1.84. The van der Waals surface area contributed by atoms with Crippen LogP contribution in [0.5, 0.6) is 0 Å². The second-order valence-corrected chi connectivity index (χ2v) is 5.88. The molecule has 0 saturated heterocycles. The number of rotatable bonds is 2. The fourth-order valence-electron chi connectivity index (χ4n) is 2.38. The maximum Gasteiger partial charge on any atom is 0.276 e. The van der Waals surface area contributed by atoms with Crippen LogP contribution in [0.25, 0.3) is 10.9 Å². The number of amides is 1. The van der Waals surface area contributed by atoms with Gasteiger partial charge in [-0.1, -0.05) is 34.1 Å². The topological polar surface area (TPSA) is 46.9 Å². The molecule has 0 aliphatic heterocycles. The first-order chi connectivity index (χ1) is 10.0. The van der Waals surface area contributed by atoms with E-state index in [1.807, 2.05) is 56.4 Å². The highest BCUT2D eigenvalue weighted by Gasteiger charge is 2.15. The molecular formula is C16H14BrN3O. The fourth-order valence-corrected chi connectivity index (χ4v) is 2.99. The van der Waals surface area contributed by atoms with Crippen LogP contribution in [-0.2, 0) is 7.05 Å². The van der Waals surface area contributed by atoms with Crippen molar-refractivity contribution in [3.05, 3.63) is 58.2 Å². The van der Waals surface area contributed by atoms with Gasteiger partial charge in [-0.15, -0.1) is 0 Å². The number of halogens is 1. The van der Waals surface area contributed by atoms with Crippen molar-refractivity contribution in [1.82, 2.24) is 9.78 Å². The number of carbonyl (C=O) groups excluding carboxylic acids is 1. The molecule has 0 aliphatic carbocycles. The van der Waals surface area contributed by atoms with E-state index in [0.717, 1.165) is 26.6 Å². The molecule has 1 amide bonds. The van der Waals surface area contributed by atoms with Gasteiger partial charge in [-0.2, -0.15) is 5.10 Å². The summed E-state index contributed by atoms with van der Waals surface area (Å²) in [5.41, 5.74) is 3.20. The van der Waals surface area contributed by atoms with Gasteiger partial charge in [0.15, 0.2) is 5.69 Å². The number of aromatic nitrogens is 2. The molecule has 106 valence electrons. The van der Waals surface area contributed by atoms with Crippen molar-refractivity contribution in [3.8, 4) is 0 Å². The van der Waals surface area contributed by atoms with Crippen LogP contribution in [0, 0.1) is 6.92 Å². The SMILES string of the molecule is Cc1cc(Br)cc(NC(=O)c2nn(C)c3ccccc23)c1. The Kier molecular flexibility index (Phi) is 3.51. The predicted molar refractivity (Wildman–Crippen MR) is 87.5 cm³/mol. The van der Waals surface area contributed by atoms with Crippen molar-refractivity contribution in [2.45, 2.75) is 6.92 Å². The van der Waals surface area contributed by atoms with E-state index in [2.05, 4.69) is 26.3 Å². The lowest BCUT2D eigenvalue weighted by Crippen LogP contribution is -2.13. The van der Waals surface area contributed by atoms with Crippen LogP contribution in [0.15, 0.2) is 46.9 Å². The number of carbonyl (C=O) groups is 1. The quantitative estimate of drug-likeness (QED) is 0.767. The molecule has 1 heterocycles. The number of anilines is 1. The van der Waals surface area contributed by atoms with E-state index in [-0.39, 0.29) is 5.91 Å². The van der Waals surface area contributed by atoms with Gasteiger partial charge >= 0.3 is 0 Å². The van der Waals surface area contributed by atoms with E-state index < -0.39 is 0 Å². The Bertz CT molecular complexity index is 818. The smallest absolute Gasteiger partial charge is 0.276 e. The summed E-state index contributed by atoms with van der Waals surface area (Å²) in [6.45, 7) is 1.98. The van der Waals surface area contributed by atoms with Crippen LogP contribution in [0.1, 0.15) is 16.1 Å². The molecule has 0 spiro atoms. The highest BCUT2D eigenvalue weighted by atomic mass is 79.9. The first-order valence-corrected chi connectivity index (χ1v) is 7.34. The molecule has 1 aromatic heterocycles. The summed E-state index contributed by atoms with van der Waals surface area (Å²) in [6, 6.07) is 13.5. The van der Waals surface area contributed by atoms with E-state index in [1.54, 1.807) is 4.68 Å². The predicted octanol–water partition coefficient (Wildman–Crippen LogP) is 3.90. The highest BCUT2D eigenvalue weighted by Crippen LogP contribution is 2.22. The number of benzene rings is 2. The summed E-state index contributed by atoms with van der Waals surface area (Å²) >= 11 is 3.43. The van der Waals surface area contributed by atoms with E-state index in [4.69, 9.17) is 0 Å². The zero-order chi connectivity index (χ0) is 15.0. The third kappa shape index (κ3) is 2.69. The molecule has 4 nitrogen and oxygen atoms in total. The minimum atomic E-state index is -0.204. The second-order valence-electron chi connectivity index (χ2n) is 4.96. The van der Waals surface area contributed by atoms with Gasteiger partial charge in [0.25, 0.3) is 5.91 Å². The van der Waals surface area contributed by atoms with E-state index >= 15 is 0 Å². The number of nitrogens with zero attached hydrogens (tertiary/aromatic N) is 2. The van der Waals surface area contributed by atoms with Gasteiger partial charge in [-0.3, -0.25) is 9.48 Å². The van der Waals surface area contributed by atoms with Gasteiger partial charge < -0.3 is 5.32 Å². The minimum absolute atomic E-state index is 0.204. The lowest BCUT2D eigenvalue weighted by Gasteiger charge is -2.05. The number of hydrogen-bond acceptors (Lipinski definition) is 2. The van der Waals surface area contributed by atoms with Crippen molar-refractivity contribution in [2.24, 2.45) is 7.05 Å². The number of fused-ring (bicyclic) bond motifs is 1. The van der Waals surface area contributed by atoms with Crippen molar-refractivity contribution in [2.75, 3.05) is 5.32 Å². The van der Waals surface area contributed by atoms with Crippen molar-refractivity contribution >= 4 is 38.4 Å². The lowest BCUT2D eigenvalue weighted by molar-refractivity contribution is 0.102. The highest BCUT2D eigenvalue weighted by molar-refractivity contribution is 9.10. The van der Waals surface area contributed by atoms with Crippen LogP contribution >= 0.6 is 15.9 Å². The van der Waals surface area contributed by atoms with Gasteiger partial charge in [0, 0.05) is 22.6 Å². The van der Waals surface area contributed by atoms with Crippen molar-refractivity contribution in [1.29, 1.82) is 0 Å². The Morgan fingerprint density at radius 1 is 1.24 bits per heavy atom. The van der Waals surface area contributed by atoms with Gasteiger partial charge in [0.2, 0.25) is 0 Å². The lowest BCUT2D eigenvalue weighted by atomic mass is 10.2. The van der Waals surface area contributed by atoms with Crippen LogP contribution in [0.4, 0.5) is 5.69 Å². The van der Waals surface area contributed by atoms with Gasteiger partial charge in [-0.25, -0.2) is 0 Å². The van der Waals surface area contributed by atoms with Gasteiger partial charge in [0.1, 0.15) is 0 Å². The Morgan fingerprint density at radius 3 is 2.76 bits per heavy atom. The summed E-state index contributed by atoms with van der Waals surface area (Å²) in [4.78, 5) is 12.5. The van der Waals surface area contributed by atoms with Gasteiger partial charge in [-0.05, 0) is 36.8 Å². The van der Waals surface area contributed by atoms with Gasteiger partial charge in [0.05, 0.1) is 5.52 Å². The van der Waals surface area contributed by atoms with Crippen molar-refractivity contribution < 1.29 is 4.79 Å². The summed E-state index contributed by atoms with van der Waals surface area (Å²) in [5.74, 6) is -0.204. The number of aryl methyl sites for hydroxylation is 2. The fraction of sp³-hybridized carbons (Fsp3) is 0.125. The average Bonchev–Trinajstić information content (AvgIpc) is 2.76. The number of para-hydroxylation sites is 1. The van der Waals surface area contributed by atoms with Crippen LogP contribution < -0.4 is 5.32 Å². The second kappa shape index (κ2) is 5.33. The maximum atomic E-state index is 12.5. The standard InChI is InChI=1S/C16H14BrN3O/c1-10-7-11(17)9-12(8-10)18-16(21)15-13-5-3-4-6-14(13)20(2)19-15/h3-9H,1-2H3,(H,18,21). The van der Waals surface area contributed by atoms with E-state index in [9.17, 15) is 4.79 Å². The molecule has 1 N–H and O–H groups in total. The molecule has 0 unspecified atom stereocenters. The molecule has 2 aromatic carbocycles. The normalized spacial score (nSPS) is 10.8. The van der Waals surface area contributed by atoms with Crippen LogP contribution in [-0.4, -0.2) is 15.7 Å². The Balaban J connectivity index is 1.97. The Hall–Kier alpha value is -2.14. The molecule has 21 heavy (non-hydrogen) atoms. The monoisotopic (exact) mass is 343 g/mol. The molecule has 0 aliphatic rings. The van der Waals surface area contributed by atoms with E-state index in [1.165, 1.54) is 0 Å². The average molecular weight is 344 g/mol. The summed E-state index contributed by atoms with van der Waals surface area (Å²) in [6.07, 6.45) is 0. The molecule has 5 heteroatoms. The molecule has 0 atom stereocenters. The molecule has 3 rings (SSSR count). The largest absolute Gasteiger partial charge is 0.321 e. The number of nitrogens with one attached hydrogen (secondary N) is 1. The maximum absolute atomic E-state index is 12.5. The third-order valence-electron chi connectivity index (χ3n) is 3.27. The molecule has 0 saturated carbocycles. The molecule has 0 fully saturated rings. The van der Waals surface area contributed by atoms with E-state index in [0.29, 0.717) is 5.69 Å². The molecule has 3 aromatic rings. The zero-order valence-corrected chi connectivity index (χ0v) is 13.3. The van der Waals surface area contributed by atoms with Crippen LogP contribution in [0.2, 0.25) is 0 Å². The zero-order valence-electron chi connectivity index (χ0n) is 11.7. The Morgan fingerprint density at radius 2 is 2.00 bits per heavy atom. The molecule has 0 bridgehead atoms.